The van der Waals surface area contributed by atoms with Crippen molar-refractivity contribution in [2.24, 2.45) is 10.9 Å². The SMILES string of the molecule is COC(=O)c1ccc2c(c1)nc(NCCC(N)=NO)c1ccncc12. The number of methoxy groups -OCH3 is 1. The van der Waals surface area contributed by atoms with Gasteiger partial charge in [-0.15, -0.1) is 0 Å². The van der Waals surface area contributed by atoms with Crippen LogP contribution in [0.3, 0.4) is 0 Å². The Hall–Kier alpha value is -3.42. The van der Waals surface area contributed by atoms with Crippen molar-refractivity contribution in [3.8, 4) is 0 Å². The highest BCUT2D eigenvalue weighted by atomic mass is 16.5. The van der Waals surface area contributed by atoms with Gasteiger partial charge in [-0.2, -0.15) is 0 Å². The molecule has 0 spiro atoms. The van der Waals surface area contributed by atoms with Gasteiger partial charge in [0, 0.05) is 41.5 Å². The van der Waals surface area contributed by atoms with Gasteiger partial charge in [0.05, 0.1) is 18.2 Å². The molecule has 1 aromatic carbocycles. The number of hydrogen-bond acceptors (Lipinski definition) is 7. The van der Waals surface area contributed by atoms with Crippen LogP contribution >= 0.6 is 0 Å². The van der Waals surface area contributed by atoms with Crippen LogP contribution in [0.5, 0.6) is 0 Å². The third-order valence-corrected chi connectivity index (χ3v) is 3.82. The molecular formula is C17H17N5O3. The van der Waals surface area contributed by atoms with Gasteiger partial charge in [-0.3, -0.25) is 4.98 Å². The van der Waals surface area contributed by atoms with Gasteiger partial charge in [0.1, 0.15) is 11.7 Å². The second-order valence-electron chi connectivity index (χ2n) is 5.37. The summed E-state index contributed by atoms with van der Waals surface area (Å²) in [6, 6.07) is 7.08. The zero-order valence-electron chi connectivity index (χ0n) is 13.6. The number of carbonyl (C=O) groups excluding carboxylic acids is 1. The molecule has 3 rings (SSSR count). The van der Waals surface area contributed by atoms with Gasteiger partial charge < -0.3 is 21.0 Å². The predicted octanol–water partition coefficient (Wildman–Crippen LogP) is 2.12. The number of rotatable bonds is 5. The molecule has 4 N–H and O–H groups in total. The van der Waals surface area contributed by atoms with Crippen LogP contribution in [0.4, 0.5) is 5.82 Å². The highest BCUT2D eigenvalue weighted by molar-refractivity contribution is 6.10. The van der Waals surface area contributed by atoms with E-state index in [2.05, 4.69) is 20.4 Å². The molecule has 0 bridgehead atoms. The molecule has 8 heteroatoms. The van der Waals surface area contributed by atoms with E-state index in [1.165, 1.54) is 7.11 Å². The van der Waals surface area contributed by atoms with Crippen molar-refractivity contribution < 1.29 is 14.7 Å². The molecule has 2 aromatic heterocycles. The Morgan fingerprint density at radius 2 is 2.16 bits per heavy atom. The van der Waals surface area contributed by atoms with E-state index < -0.39 is 5.97 Å². The second kappa shape index (κ2) is 7.00. The molecule has 0 fully saturated rings. The number of oxime groups is 1. The van der Waals surface area contributed by atoms with Crippen LogP contribution < -0.4 is 11.1 Å². The zero-order chi connectivity index (χ0) is 17.8. The zero-order valence-corrected chi connectivity index (χ0v) is 13.6. The van der Waals surface area contributed by atoms with Gasteiger partial charge in [0.15, 0.2) is 0 Å². The van der Waals surface area contributed by atoms with Gasteiger partial charge in [0.2, 0.25) is 0 Å². The van der Waals surface area contributed by atoms with Crippen LogP contribution in [0.2, 0.25) is 0 Å². The summed E-state index contributed by atoms with van der Waals surface area (Å²) in [5.41, 5.74) is 6.56. The van der Waals surface area contributed by atoms with Crippen molar-refractivity contribution in [2.45, 2.75) is 6.42 Å². The first kappa shape index (κ1) is 16.4. The Morgan fingerprint density at radius 1 is 1.32 bits per heavy atom. The number of anilines is 1. The number of aromatic nitrogens is 2. The lowest BCUT2D eigenvalue weighted by molar-refractivity contribution is 0.0601. The van der Waals surface area contributed by atoms with Crippen LogP contribution in [-0.4, -0.2) is 40.6 Å². The molecule has 0 aliphatic carbocycles. The fourth-order valence-corrected chi connectivity index (χ4v) is 2.59. The fraction of sp³-hybridized carbons (Fsp3) is 0.176. The number of ether oxygens (including phenoxy) is 1. The normalized spacial score (nSPS) is 11.6. The van der Waals surface area contributed by atoms with Gasteiger partial charge in [-0.25, -0.2) is 9.78 Å². The highest BCUT2D eigenvalue weighted by Gasteiger charge is 2.12. The first-order chi connectivity index (χ1) is 12.1. The molecule has 2 heterocycles. The van der Waals surface area contributed by atoms with E-state index in [-0.39, 0.29) is 5.84 Å². The number of fused-ring (bicyclic) bond motifs is 3. The van der Waals surface area contributed by atoms with Gasteiger partial charge >= 0.3 is 5.97 Å². The summed E-state index contributed by atoms with van der Waals surface area (Å²) < 4.78 is 4.76. The third kappa shape index (κ3) is 3.27. The Balaban J connectivity index is 2.08. The summed E-state index contributed by atoms with van der Waals surface area (Å²) in [4.78, 5) is 20.6. The van der Waals surface area contributed by atoms with Crippen LogP contribution in [-0.2, 0) is 4.74 Å². The number of hydrogen-bond donors (Lipinski definition) is 3. The number of esters is 1. The molecule has 0 unspecified atom stereocenters. The molecule has 0 aliphatic rings. The Bertz CT molecular complexity index is 971. The number of amidine groups is 1. The Kier molecular flexibility index (Phi) is 4.60. The monoisotopic (exact) mass is 339 g/mol. The van der Waals surface area contributed by atoms with E-state index in [0.29, 0.717) is 29.9 Å². The predicted molar refractivity (Wildman–Crippen MR) is 94.9 cm³/mol. The minimum absolute atomic E-state index is 0.132. The van der Waals surface area contributed by atoms with Crippen LogP contribution in [0.25, 0.3) is 21.7 Å². The number of nitrogens with one attached hydrogen (secondary N) is 1. The fourth-order valence-electron chi connectivity index (χ4n) is 2.59. The highest BCUT2D eigenvalue weighted by Crippen LogP contribution is 2.29. The summed E-state index contributed by atoms with van der Waals surface area (Å²) in [5.74, 6) is 0.348. The molecule has 25 heavy (non-hydrogen) atoms. The Morgan fingerprint density at radius 3 is 2.92 bits per heavy atom. The summed E-state index contributed by atoms with van der Waals surface area (Å²) >= 11 is 0. The maximum atomic E-state index is 11.8. The molecule has 0 aliphatic heterocycles. The lowest BCUT2D eigenvalue weighted by atomic mass is 10.1. The van der Waals surface area contributed by atoms with Crippen LogP contribution in [0.15, 0.2) is 41.8 Å². The van der Waals surface area contributed by atoms with E-state index >= 15 is 0 Å². The lowest BCUT2D eigenvalue weighted by Gasteiger charge is -2.11. The van der Waals surface area contributed by atoms with E-state index in [1.54, 1.807) is 24.5 Å². The van der Waals surface area contributed by atoms with Crippen LogP contribution in [0.1, 0.15) is 16.8 Å². The smallest absolute Gasteiger partial charge is 0.337 e. The number of carbonyl (C=O) groups is 1. The maximum absolute atomic E-state index is 11.8. The summed E-state index contributed by atoms with van der Waals surface area (Å²) in [6.07, 6.45) is 3.81. The first-order valence-corrected chi connectivity index (χ1v) is 7.60. The second-order valence-corrected chi connectivity index (χ2v) is 5.37. The molecule has 0 radical (unpaired) electrons. The van der Waals surface area contributed by atoms with Crippen LogP contribution in [0, 0.1) is 0 Å². The minimum atomic E-state index is -0.420. The molecule has 3 aromatic rings. The number of benzene rings is 1. The summed E-state index contributed by atoms with van der Waals surface area (Å²) in [6.45, 7) is 0.447. The molecule has 0 amide bonds. The van der Waals surface area contributed by atoms with E-state index in [9.17, 15) is 4.79 Å². The molecule has 128 valence electrons. The lowest BCUT2D eigenvalue weighted by Crippen LogP contribution is -2.17. The molecule has 8 nitrogen and oxygen atoms in total. The average Bonchev–Trinajstić information content (AvgIpc) is 2.66. The van der Waals surface area contributed by atoms with Gasteiger partial charge in [-0.1, -0.05) is 11.2 Å². The number of pyridine rings is 2. The molecule has 0 saturated heterocycles. The quantitative estimate of drug-likeness (QED) is 0.162. The van der Waals surface area contributed by atoms with Crippen molar-refractivity contribution in [2.75, 3.05) is 19.0 Å². The number of nitrogens with two attached hydrogens (primary N) is 1. The maximum Gasteiger partial charge on any atom is 0.337 e. The average molecular weight is 339 g/mol. The topological polar surface area (TPSA) is 123 Å². The number of nitrogens with zero attached hydrogens (tertiary/aromatic N) is 3. The first-order valence-electron chi connectivity index (χ1n) is 7.60. The standard InChI is InChI=1S/C17H17N5O3/c1-25-17(23)10-2-3-11-13-9-19-6-4-12(13)16(21-14(11)8-10)20-7-5-15(18)22-24/h2-4,6,8-9,24H,5,7H2,1H3,(H2,18,22)(H,20,21). The summed E-state index contributed by atoms with van der Waals surface area (Å²) in [5, 5.41) is 17.4. The van der Waals surface area contributed by atoms with Crippen molar-refractivity contribution in [3.63, 3.8) is 0 Å². The van der Waals surface area contributed by atoms with E-state index in [0.717, 1.165) is 16.2 Å². The molecule has 0 atom stereocenters. The summed E-state index contributed by atoms with van der Waals surface area (Å²) in [7, 11) is 1.34. The van der Waals surface area contributed by atoms with Crippen molar-refractivity contribution in [1.29, 1.82) is 0 Å². The Labute approximate surface area is 143 Å². The third-order valence-electron chi connectivity index (χ3n) is 3.82. The van der Waals surface area contributed by atoms with Crippen molar-refractivity contribution in [1.82, 2.24) is 9.97 Å². The minimum Gasteiger partial charge on any atom is -0.465 e. The molecular weight excluding hydrogens is 322 g/mol. The van der Waals surface area contributed by atoms with Gasteiger partial charge in [0.25, 0.3) is 0 Å². The van der Waals surface area contributed by atoms with Gasteiger partial charge in [-0.05, 0) is 18.2 Å². The van der Waals surface area contributed by atoms with Crippen molar-refractivity contribution in [3.05, 3.63) is 42.2 Å². The van der Waals surface area contributed by atoms with E-state index in [1.807, 2.05) is 12.1 Å². The van der Waals surface area contributed by atoms with E-state index in [4.69, 9.17) is 15.7 Å². The largest absolute Gasteiger partial charge is 0.465 e. The van der Waals surface area contributed by atoms with Crippen molar-refractivity contribution >= 4 is 39.3 Å². The molecule has 0 saturated carbocycles.